The summed E-state index contributed by atoms with van der Waals surface area (Å²) < 4.78 is 5.76. The Bertz CT molecular complexity index is 290. The molecule has 20 heavy (non-hydrogen) atoms. The number of aliphatic hydroxyl groups is 1. The lowest BCUT2D eigenvalue weighted by atomic mass is 9.93. The molecule has 0 radical (unpaired) electrons. The molecule has 2 fully saturated rings. The Morgan fingerprint density at radius 3 is 2.65 bits per heavy atom. The van der Waals surface area contributed by atoms with Crippen molar-refractivity contribution >= 4 is 0 Å². The molecule has 4 nitrogen and oxygen atoms in total. The SMILES string of the molecule is CCN(CC1CCCO1)C(C)CC(C)(CO)NC1CC1. The van der Waals surface area contributed by atoms with Crippen molar-refractivity contribution in [2.45, 2.75) is 76.6 Å². The van der Waals surface area contributed by atoms with Crippen LogP contribution in [0.1, 0.15) is 52.9 Å². The highest BCUT2D eigenvalue weighted by molar-refractivity contribution is 4.94. The molecule has 0 amide bonds. The van der Waals surface area contributed by atoms with Crippen LogP contribution in [0.5, 0.6) is 0 Å². The molecule has 0 aromatic heterocycles. The monoisotopic (exact) mass is 284 g/mol. The molecule has 1 heterocycles. The van der Waals surface area contributed by atoms with Gasteiger partial charge in [-0.15, -0.1) is 0 Å². The standard InChI is InChI=1S/C16H32N2O2/c1-4-18(11-15-6-5-9-20-15)13(2)10-16(3,12-19)17-14-7-8-14/h13-15,17,19H,4-12H2,1-3H3. The summed E-state index contributed by atoms with van der Waals surface area (Å²) in [4.78, 5) is 2.50. The molecule has 2 aliphatic rings. The van der Waals surface area contributed by atoms with Gasteiger partial charge in [-0.25, -0.2) is 0 Å². The summed E-state index contributed by atoms with van der Waals surface area (Å²) in [7, 11) is 0. The number of rotatable bonds is 9. The molecule has 1 saturated carbocycles. The molecule has 3 atom stereocenters. The Hall–Kier alpha value is -0.160. The topological polar surface area (TPSA) is 44.7 Å². The first-order chi connectivity index (χ1) is 9.56. The van der Waals surface area contributed by atoms with E-state index in [0.717, 1.165) is 26.1 Å². The van der Waals surface area contributed by atoms with Crippen LogP contribution < -0.4 is 5.32 Å². The minimum Gasteiger partial charge on any atom is -0.394 e. The molecule has 3 unspecified atom stereocenters. The van der Waals surface area contributed by atoms with Crippen LogP contribution in [-0.2, 0) is 4.74 Å². The van der Waals surface area contributed by atoms with Crippen molar-refractivity contribution in [3.05, 3.63) is 0 Å². The van der Waals surface area contributed by atoms with E-state index in [1.54, 1.807) is 0 Å². The molecule has 2 rings (SSSR count). The second-order valence-electron chi connectivity index (χ2n) is 6.91. The Morgan fingerprint density at radius 2 is 2.15 bits per heavy atom. The summed E-state index contributed by atoms with van der Waals surface area (Å²) in [5, 5.41) is 13.4. The molecule has 2 N–H and O–H groups in total. The summed E-state index contributed by atoms with van der Waals surface area (Å²) in [6.45, 7) is 9.87. The van der Waals surface area contributed by atoms with Crippen LogP contribution in [0.2, 0.25) is 0 Å². The maximum atomic E-state index is 9.74. The van der Waals surface area contributed by atoms with E-state index < -0.39 is 0 Å². The van der Waals surface area contributed by atoms with Gasteiger partial charge < -0.3 is 15.2 Å². The molecular formula is C16H32N2O2. The van der Waals surface area contributed by atoms with E-state index in [0.29, 0.717) is 18.2 Å². The number of aliphatic hydroxyl groups excluding tert-OH is 1. The molecule has 1 aliphatic carbocycles. The van der Waals surface area contributed by atoms with E-state index in [1.807, 2.05) is 0 Å². The van der Waals surface area contributed by atoms with Crippen molar-refractivity contribution in [2.75, 3.05) is 26.3 Å². The van der Waals surface area contributed by atoms with Crippen LogP contribution >= 0.6 is 0 Å². The highest BCUT2D eigenvalue weighted by atomic mass is 16.5. The molecule has 1 aliphatic heterocycles. The normalized spacial score (nSPS) is 27.8. The van der Waals surface area contributed by atoms with Gasteiger partial charge in [0.2, 0.25) is 0 Å². The van der Waals surface area contributed by atoms with Gasteiger partial charge in [0.05, 0.1) is 12.7 Å². The zero-order chi connectivity index (χ0) is 14.6. The molecule has 0 bridgehead atoms. The summed E-state index contributed by atoms with van der Waals surface area (Å²) in [5.74, 6) is 0. The molecule has 0 spiro atoms. The van der Waals surface area contributed by atoms with Crippen LogP contribution in [0.15, 0.2) is 0 Å². The van der Waals surface area contributed by atoms with Crippen molar-refractivity contribution in [3.8, 4) is 0 Å². The summed E-state index contributed by atoms with van der Waals surface area (Å²) in [6, 6.07) is 1.10. The van der Waals surface area contributed by atoms with Gasteiger partial charge in [-0.2, -0.15) is 0 Å². The minimum absolute atomic E-state index is 0.148. The minimum atomic E-state index is -0.148. The van der Waals surface area contributed by atoms with Crippen LogP contribution in [0.3, 0.4) is 0 Å². The molecule has 0 aromatic carbocycles. The van der Waals surface area contributed by atoms with E-state index in [-0.39, 0.29) is 12.1 Å². The van der Waals surface area contributed by atoms with Gasteiger partial charge in [-0.05, 0) is 52.5 Å². The van der Waals surface area contributed by atoms with Crippen LogP contribution in [0.25, 0.3) is 0 Å². The lowest BCUT2D eigenvalue weighted by Gasteiger charge is -2.37. The van der Waals surface area contributed by atoms with Crippen LogP contribution in [0.4, 0.5) is 0 Å². The first-order valence-corrected chi connectivity index (χ1v) is 8.30. The number of hydrogen-bond donors (Lipinski definition) is 2. The number of nitrogens with zero attached hydrogens (tertiary/aromatic N) is 1. The Labute approximate surface area is 123 Å². The maximum Gasteiger partial charge on any atom is 0.0702 e. The van der Waals surface area contributed by atoms with Crippen molar-refractivity contribution in [1.29, 1.82) is 0 Å². The van der Waals surface area contributed by atoms with Gasteiger partial charge in [-0.3, -0.25) is 4.90 Å². The largest absolute Gasteiger partial charge is 0.394 e. The van der Waals surface area contributed by atoms with Crippen molar-refractivity contribution in [2.24, 2.45) is 0 Å². The third-order valence-electron chi connectivity index (χ3n) is 4.72. The molecule has 118 valence electrons. The van der Waals surface area contributed by atoms with E-state index in [2.05, 4.69) is 31.0 Å². The lowest BCUT2D eigenvalue weighted by Crippen LogP contribution is -2.52. The van der Waals surface area contributed by atoms with Gasteiger partial charge >= 0.3 is 0 Å². The Morgan fingerprint density at radius 1 is 1.40 bits per heavy atom. The second-order valence-corrected chi connectivity index (χ2v) is 6.91. The lowest BCUT2D eigenvalue weighted by molar-refractivity contribution is 0.0491. The third-order valence-corrected chi connectivity index (χ3v) is 4.72. The average Bonchev–Trinajstić information content (AvgIpc) is 3.07. The highest BCUT2D eigenvalue weighted by Gasteiger charge is 2.34. The third kappa shape index (κ3) is 4.69. The van der Waals surface area contributed by atoms with Gasteiger partial charge in [-0.1, -0.05) is 6.92 Å². The number of ether oxygens (including phenoxy) is 1. The predicted molar refractivity (Wildman–Crippen MR) is 81.9 cm³/mol. The highest BCUT2D eigenvalue weighted by Crippen LogP contribution is 2.26. The summed E-state index contributed by atoms with van der Waals surface area (Å²) in [6.07, 6.45) is 6.32. The van der Waals surface area contributed by atoms with E-state index in [9.17, 15) is 5.11 Å². The van der Waals surface area contributed by atoms with Gasteiger partial charge in [0.1, 0.15) is 0 Å². The zero-order valence-corrected chi connectivity index (χ0v) is 13.4. The van der Waals surface area contributed by atoms with E-state index in [1.165, 1.54) is 25.7 Å². The molecular weight excluding hydrogens is 252 g/mol. The fourth-order valence-electron chi connectivity index (χ4n) is 3.34. The quantitative estimate of drug-likeness (QED) is 0.677. The number of nitrogens with one attached hydrogen (secondary N) is 1. The van der Waals surface area contributed by atoms with Gasteiger partial charge in [0.25, 0.3) is 0 Å². The first kappa shape index (κ1) is 16.2. The number of likely N-dealkylation sites (N-methyl/N-ethyl adjacent to an activating group) is 1. The average molecular weight is 284 g/mol. The van der Waals surface area contributed by atoms with Gasteiger partial charge in [0, 0.05) is 30.8 Å². The maximum absolute atomic E-state index is 9.74. The van der Waals surface area contributed by atoms with Crippen molar-refractivity contribution in [1.82, 2.24) is 10.2 Å². The predicted octanol–water partition coefficient (Wildman–Crippen LogP) is 1.77. The van der Waals surface area contributed by atoms with Crippen molar-refractivity contribution < 1.29 is 9.84 Å². The van der Waals surface area contributed by atoms with Gasteiger partial charge in [0.15, 0.2) is 0 Å². The summed E-state index contributed by atoms with van der Waals surface area (Å²) >= 11 is 0. The number of hydrogen-bond acceptors (Lipinski definition) is 4. The fraction of sp³-hybridized carbons (Fsp3) is 1.00. The Balaban J connectivity index is 1.83. The van der Waals surface area contributed by atoms with Crippen LogP contribution in [0, 0.1) is 0 Å². The molecule has 0 aromatic rings. The van der Waals surface area contributed by atoms with Crippen molar-refractivity contribution in [3.63, 3.8) is 0 Å². The fourth-order valence-corrected chi connectivity index (χ4v) is 3.34. The zero-order valence-electron chi connectivity index (χ0n) is 13.4. The van der Waals surface area contributed by atoms with Crippen LogP contribution in [-0.4, -0.2) is 60.0 Å². The van der Waals surface area contributed by atoms with E-state index >= 15 is 0 Å². The Kier molecular flexibility index (Phi) is 5.84. The molecule has 1 saturated heterocycles. The molecule has 4 heteroatoms. The smallest absolute Gasteiger partial charge is 0.0702 e. The first-order valence-electron chi connectivity index (χ1n) is 8.30. The van der Waals surface area contributed by atoms with E-state index in [4.69, 9.17) is 4.74 Å². The summed E-state index contributed by atoms with van der Waals surface area (Å²) in [5.41, 5.74) is -0.148. The second kappa shape index (κ2) is 7.21.